The minimum absolute atomic E-state index is 0.225. The van der Waals surface area contributed by atoms with Crippen molar-refractivity contribution in [3.8, 4) is 0 Å². The molecule has 0 aliphatic heterocycles. The van der Waals surface area contributed by atoms with Gasteiger partial charge in [-0.15, -0.1) is 0 Å². The summed E-state index contributed by atoms with van der Waals surface area (Å²) < 4.78 is 11.6. The molecule has 1 unspecified atom stereocenters. The molecule has 0 aromatic rings. The number of thiol groups is 1. The summed E-state index contributed by atoms with van der Waals surface area (Å²) in [6.45, 7) is 11.6. The summed E-state index contributed by atoms with van der Waals surface area (Å²) in [4.78, 5) is 10.1. The van der Waals surface area contributed by atoms with Crippen molar-refractivity contribution < 1.29 is 14.6 Å². The van der Waals surface area contributed by atoms with Crippen LogP contribution in [0.5, 0.6) is 0 Å². The third-order valence-electron chi connectivity index (χ3n) is 5.05. The molecule has 0 saturated heterocycles. The Labute approximate surface area is 173 Å². The second kappa shape index (κ2) is 20.3. The van der Waals surface area contributed by atoms with Gasteiger partial charge in [0.2, 0.25) is 0 Å². The van der Waals surface area contributed by atoms with Gasteiger partial charge in [-0.1, -0.05) is 0 Å². The fourth-order valence-electron chi connectivity index (χ4n) is 3.36. The van der Waals surface area contributed by atoms with Crippen LogP contribution in [0.2, 0.25) is 17.7 Å². The third kappa shape index (κ3) is 15.6. The summed E-state index contributed by atoms with van der Waals surface area (Å²) in [5.41, 5.74) is 0. The van der Waals surface area contributed by atoms with Crippen LogP contribution in [-0.4, -0.2) is 47.9 Å². The summed E-state index contributed by atoms with van der Waals surface area (Å²) in [5, 5.41) is 8.33. The average molecular weight is 497 g/mol. The van der Waals surface area contributed by atoms with E-state index in [1.807, 2.05) is 0 Å². The van der Waals surface area contributed by atoms with E-state index in [0.717, 1.165) is 0 Å². The number of carboxylic acid groups (broad SMARTS) is 1. The largest absolute Gasteiger partial charge is 0.479 e. The molecule has 0 heterocycles. The minimum atomic E-state index is -1.69. The van der Waals surface area contributed by atoms with E-state index >= 15 is 0 Å². The van der Waals surface area contributed by atoms with Crippen LogP contribution in [0.3, 0.4) is 0 Å². The molecule has 0 aliphatic carbocycles. The third-order valence-corrected chi connectivity index (χ3v) is 21.5. The molecule has 1 atom stereocenters. The van der Waals surface area contributed by atoms with Gasteiger partial charge in [0.15, 0.2) is 6.10 Å². The van der Waals surface area contributed by atoms with Crippen molar-refractivity contribution in [2.75, 3.05) is 12.4 Å². The molecule has 0 amide bonds. The second-order valence-corrected chi connectivity index (χ2v) is 22.0. The Kier molecular flexibility index (Phi) is 22.5. The molecule has 0 rings (SSSR count). The van der Waals surface area contributed by atoms with E-state index in [2.05, 4.69) is 40.3 Å². The molecule has 0 radical (unpaired) electrons. The minimum Gasteiger partial charge on any atom is -0.479 e. The number of unbranched alkanes of at least 4 members (excludes halogenated alkanes) is 4. The number of rotatable bonds is 16. The Morgan fingerprint density at radius 1 is 0.846 bits per heavy atom. The predicted octanol–water partition coefficient (Wildman–Crippen LogP) is 7.04. The summed E-state index contributed by atoms with van der Waals surface area (Å²) in [5.74, 6) is -0.727. The summed E-state index contributed by atoms with van der Waals surface area (Å²) >= 11 is 2.09. The molecule has 158 valence electrons. The van der Waals surface area contributed by atoms with Crippen molar-refractivity contribution in [2.24, 2.45) is 0 Å². The first-order chi connectivity index (χ1) is 12.5. The molecule has 0 saturated carbocycles. The fourth-order valence-corrected chi connectivity index (χ4v) is 20.5. The van der Waals surface area contributed by atoms with Crippen molar-refractivity contribution in [3.63, 3.8) is 0 Å². The van der Waals surface area contributed by atoms with Crippen LogP contribution < -0.4 is 0 Å². The Balaban J connectivity index is 0. The molecule has 1 N–H and O–H groups in total. The number of carboxylic acids is 1. The van der Waals surface area contributed by atoms with Crippen LogP contribution >= 0.6 is 12.6 Å². The van der Waals surface area contributed by atoms with Crippen LogP contribution in [0.4, 0.5) is 0 Å². The van der Waals surface area contributed by atoms with E-state index in [-0.39, 0.29) is 5.75 Å². The van der Waals surface area contributed by atoms with E-state index in [1.54, 1.807) is 24.7 Å². The number of hydrogen-bond donors (Lipinski definition) is 2. The molecule has 0 aromatic carbocycles. The SMILES string of the molecule is CCC[CH2][Sn]([CH2]CCC)([CH2]CCC)[CH2]CCC.CCOC(CS)C(=O)O. The number of ether oxygens (including phenoxy) is 1. The number of carbonyl (C=O) groups is 1. The Morgan fingerprint density at radius 2 is 1.19 bits per heavy atom. The van der Waals surface area contributed by atoms with Crippen LogP contribution in [0, 0.1) is 0 Å². The van der Waals surface area contributed by atoms with E-state index in [1.165, 1.54) is 51.4 Å². The van der Waals surface area contributed by atoms with Crippen molar-refractivity contribution in [1.29, 1.82) is 0 Å². The summed E-state index contributed by atoms with van der Waals surface area (Å²) in [7, 11) is 0. The zero-order valence-corrected chi connectivity index (χ0v) is 21.9. The van der Waals surface area contributed by atoms with E-state index in [0.29, 0.717) is 6.61 Å². The maximum absolute atomic E-state index is 10.1. The normalized spacial score (nSPS) is 12.4. The monoisotopic (exact) mass is 498 g/mol. The maximum atomic E-state index is 10.1. The first-order valence-corrected chi connectivity index (χ1v) is 19.6. The van der Waals surface area contributed by atoms with Gasteiger partial charge in [0, 0.05) is 12.4 Å². The van der Waals surface area contributed by atoms with E-state index < -0.39 is 30.5 Å². The van der Waals surface area contributed by atoms with Gasteiger partial charge in [0.25, 0.3) is 0 Å². The predicted molar refractivity (Wildman–Crippen MR) is 122 cm³/mol. The molecule has 0 fully saturated rings. The van der Waals surface area contributed by atoms with Gasteiger partial charge in [-0.25, -0.2) is 4.79 Å². The van der Waals surface area contributed by atoms with Gasteiger partial charge in [-0.2, -0.15) is 12.6 Å². The van der Waals surface area contributed by atoms with Gasteiger partial charge in [-0.05, 0) is 6.92 Å². The molecule has 26 heavy (non-hydrogen) atoms. The standard InChI is InChI=1S/C5H10O3S.4C4H9.Sn/c1-2-8-4(3-9)5(6)7;4*1-3-4-2;/h4,9H,2-3H2,1H3,(H,6,7);4*1,3-4H2,2H3;. The molecule has 3 nitrogen and oxygen atoms in total. The second-order valence-electron chi connectivity index (χ2n) is 7.38. The Bertz CT molecular complexity index is 276. The number of aliphatic carboxylic acids is 1. The molecule has 0 bridgehead atoms. The molecular weight excluding hydrogens is 451 g/mol. The topological polar surface area (TPSA) is 46.5 Å². The Morgan fingerprint density at radius 3 is 1.35 bits per heavy atom. The number of hydrogen-bond acceptors (Lipinski definition) is 3. The zero-order chi connectivity index (χ0) is 20.3. The van der Waals surface area contributed by atoms with Crippen LogP contribution in [0.1, 0.15) is 86.0 Å². The van der Waals surface area contributed by atoms with Crippen molar-refractivity contribution >= 4 is 37.0 Å². The van der Waals surface area contributed by atoms with Crippen LogP contribution in [0.15, 0.2) is 0 Å². The molecule has 5 heteroatoms. The first kappa shape index (κ1) is 28.8. The van der Waals surface area contributed by atoms with Gasteiger partial charge < -0.3 is 9.84 Å². The van der Waals surface area contributed by atoms with Gasteiger partial charge in [0.1, 0.15) is 0 Å². The van der Waals surface area contributed by atoms with E-state index in [9.17, 15) is 4.79 Å². The molecule has 0 aliphatic rings. The quantitative estimate of drug-likeness (QED) is 0.178. The van der Waals surface area contributed by atoms with Gasteiger partial charge >= 0.3 is 121 Å². The van der Waals surface area contributed by atoms with Gasteiger partial charge in [0.05, 0.1) is 0 Å². The maximum Gasteiger partial charge on any atom is 0.333 e. The zero-order valence-electron chi connectivity index (χ0n) is 18.2. The van der Waals surface area contributed by atoms with Crippen molar-refractivity contribution in [3.05, 3.63) is 0 Å². The fraction of sp³-hybridized carbons (Fsp3) is 0.952. The van der Waals surface area contributed by atoms with Crippen LogP contribution in [0.25, 0.3) is 0 Å². The van der Waals surface area contributed by atoms with Crippen molar-refractivity contribution in [2.45, 2.75) is 110 Å². The van der Waals surface area contributed by atoms with Crippen LogP contribution in [-0.2, 0) is 9.53 Å². The Hall–Kier alpha value is 0.579. The van der Waals surface area contributed by atoms with Crippen molar-refractivity contribution in [1.82, 2.24) is 0 Å². The smallest absolute Gasteiger partial charge is 0.333 e. The molecule has 0 spiro atoms. The summed E-state index contributed by atoms with van der Waals surface area (Å²) in [6, 6.07) is 0. The first-order valence-electron chi connectivity index (χ1n) is 10.9. The van der Waals surface area contributed by atoms with Gasteiger partial charge in [-0.3, -0.25) is 0 Å². The molecule has 0 aromatic heterocycles. The average Bonchev–Trinajstić information content (AvgIpc) is 2.65. The molecular formula is C21H46O3SSn. The summed E-state index contributed by atoms with van der Waals surface area (Å²) in [6.07, 6.45) is 11.1. The van der Waals surface area contributed by atoms with E-state index in [4.69, 9.17) is 9.84 Å².